The lowest BCUT2D eigenvalue weighted by molar-refractivity contribution is 0.160. The zero-order chi connectivity index (χ0) is 15.3. The minimum atomic E-state index is -1.37. The van der Waals surface area contributed by atoms with Gasteiger partial charge in [0.25, 0.3) is 0 Å². The third-order valence-corrected chi connectivity index (χ3v) is 4.33. The number of nitrogens with two attached hydrogens (primary N) is 1. The standard InChI is InChI=1S/C19H16N2O/c1-12-9-10-17-16(11-12)19(22,18(20)21-17)15-8-4-6-13-5-2-3-7-14(13)15/h2-11,22H,1H3,(H2,20,21). The van der Waals surface area contributed by atoms with Crippen molar-refractivity contribution >= 4 is 22.3 Å². The summed E-state index contributed by atoms with van der Waals surface area (Å²) in [6, 6.07) is 19.7. The van der Waals surface area contributed by atoms with Crippen molar-refractivity contribution < 1.29 is 5.11 Å². The van der Waals surface area contributed by atoms with Gasteiger partial charge in [0, 0.05) is 11.1 Å². The van der Waals surface area contributed by atoms with Crippen LogP contribution in [0.15, 0.2) is 65.7 Å². The van der Waals surface area contributed by atoms with Gasteiger partial charge in [-0.1, -0.05) is 60.2 Å². The number of amidine groups is 1. The first-order valence-corrected chi connectivity index (χ1v) is 7.27. The van der Waals surface area contributed by atoms with Crippen molar-refractivity contribution in [1.82, 2.24) is 0 Å². The molecule has 0 saturated carbocycles. The molecule has 1 heterocycles. The normalized spacial score (nSPS) is 20.0. The molecule has 1 unspecified atom stereocenters. The van der Waals surface area contributed by atoms with Crippen LogP contribution in [0.5, 0.6) is 0 Å². The molecule has 0 radical (unpaired) electrons. The van der Waals surface area contributed by atoms with Crippen LogP contribution in [0.1, 0.15) is 16.7 Å². The Hall–Kier alpha value is -2.65. The van der Waals surface area contributed by atoms with Gasteiger partial charge in [-0.3, -0.25) is 0 Å². The van der Waals surface area contributed by atoms with E-state index >= 15 is 0 Å². The maximum Gasteiger partial charge on any atom is 0.175 e. The van der Waals surface area contributed by atoms with Gasteiger partial charge >= 0.3 is 0 Å². The molecule has 0 amide bonds. The molecule has 1 aliphatic rings. The number of hydrogen-bond acceptors (Lipinski definition) is 3. The molecule has 108 valence electrons. The predicted molar refractivity (Wildman–Crippen MR) is 89.4 cm³/mol. The van der Waals surface area contributed by atoms with Gasteiger partial charge in [-0.05, 0) is 23.8 Å². The van der Waals surface area contributed by atoms with Crippen molar-refractivity contribution in [3.05, 3.63) is 77.4 Å². The van der Waals surface area contributed by atoms with Gasteiger partial charge in [0.2, 0.25) is 0 Å². The molecule has 3 aromatic rings. The first-order valence-electron chi connectivity index (χ1n) is 7.27. The van der Waals surface area contributed by atoms with Crippen LogP contribution in [0.2, 0.25) is 0 Å². The fourth-order valence-electron chi connectivity index (χ4n) is 3.21. The quantitative estimate of drug-likeness (QED) is 0.721. The van der Waals surface area contributed by atoms with Gasteiger partial charge in [-0.25, -0.2) is 4.99 Å². The van der Waals surface area contributed by atoms with E-state index in [1.54, 1.807) is 0 Å². The summed E-state index contributed by atoms with van der Waals surface area (Å²) in [5.74, 6) is 0.226. The first kappa shape index (κ1) is 13.0. The van der Waals surface area contributed by atoms with Gasteiger partial charge in [0.1, 0.15) is 5.84 Å². The summed E-state index contributed by atoms with van der Waals surface area (Å²) >= 11 is 0. The number of nitrogens with zero attached hydrogens (tertiary/aromatic N) is 1. The van der Waals surface area contributed by atoms with Gasteiger partial charge in [0.05, 0.1) is 5.69 Å². The second-order valence-electron chi connectivity index (χ2n) is 5.75. The van der Waals surface area contributed by atoms with Crippen LogP contribution in [0, 0.1) is 6.92 Å². The van der Waals surface area contributed by atoms with E-state index in [1.165, 1.54) is 0 Å². The van der Waals surface area contributed by atoms with Crippen LogP contribution in [0.4, 0.5) is 5.69 Å². The zero-order valence-corrected chi connectivity index (χ0v) is 12.2. The van der Waals surface area contributed by atoms with Gasteiger partial charge in [-0.15, -0.1) is 0 Å². The molecule has 3 aromatic carbocycles. The maximum absolute atomic E-state index is 11.4. The molecule has 1 atom stereocenters. The molecule has 3 N–H and O–H groups in total. The Labute approximate surface area is 128 Å². The van der Waals surface area contributed by atoms with Crippen molar-refractivity contribution in [2.75, 3.05) is 0 Å². The molecule has 1 aliphatic heterocycles. The molecule has 3 nitrogen and oxygen atoms in total. The monoisotopic (exact) mass is 288 g/mol. The van der Waals surface area contributed by atoms with Crippen molar-refractivity contribution in [3.8, 4) is 0 Å². The van der Waals surface area contributed by atoms with E-state index in [-0.39, 0.29) is 5.84 Å². The summed E-state index contributed by atoms with van der Waals surface area (Å²) < 4.78 is 0. The number of fused-ring (bicyclic) bond motifs is 2. The fourth-order valence-corrected chi connectivity index (χ4v) is 3.21. The van der Waals surface area contributed by atoms with Crippen molar-refractivity contribution in [3.63, 3.8) is 0 Å². The summed E-state index contributed by atoms with van der Waals surface area (Å²) in [7, 11) is 0. The lowest BCUT2D eigenvalue weighted by Crippen LogP contribution is -2.39. The summed E-state index contributed by atoms with van der Waals surface area (Å²) in [6.07, 6.45) is 0. The van der Waals surface area contributed by atoms with Crippen LogP contribution in [-0.2, 0) is 5.60 Å². The highest BCUT2D eigenvalue weighted by Gasteiger charge is 2.43. The van der Waals surface area contributed by atoms with E-state index in [2.05, 4.69) is 4.99 Å². The van der Waals surface area contributed by atoms with Gasteiger partial charge in [0.15, 0.2) is 5.60 Å². The molecule has 0 saturated heterocycles. The van der Waals surface area contributed by atoms with E-state index in [0.29, 0.717) is 0 Å². The zero-order valence-electron chi connectivity index (χ0n) is 12.2. The van der Waals surface area contributed by atoms with Gasteiger partial charge in [-0.2, -0.15) is 0 Å². The smallest absolute Gasteiger partial charge is 0.175 e. The molecular weight excluding hydrogens is 272 g/mol. The number of aliphatic imine (C=N–C) groups is 1. The SMILES string of the molecule is Cc1ccc2c(c1)C(O)(c1cccc3ccccc13)C(N)=N2. The van der Waals surface area contributed by atoms with Crippen molar-refractivity contribution in [2.45, 2.75) is 12.5 Å². The molecule has 3 heteroatoms. The summed E-state index contributed by atoms with van der Waals surface area (Å²) in [5, 5.41) is 13.5. The molecule has 0 fully saturated rings. The fraction of sp³-hybridized carbons (Fsp3) is 0.105. The second kappa shape index (κ2) is 4.42. The number of aliphatic hydroxyl groups is 1. The lowest BCUT2D eigenvalue weighted by Gasteiger charge is -2.26. The Morgan fingerprint density at radius 1 is 0.955 bits per heavy atom. The summed E-state index contributed by atoms with van der Waals surface area (Å²) in [4.78, 5) is 4.37. The third kappa shape index (κ3) is 1.63. The van der Waals surface area contributed by atoms with Crippen molar-refractivity contribution in [2.24, 2.45) is 10.7 Å². The van der Waals surface area contributed by atoms with Gasteiger partial charge < -0.3 is 10.8 Å². The van der Waals surface area contributed by atoms with Crippen LogP contribution in [-0.4, -0.2) is 10.9 Å². The van der Waals surface area contributed by atoms with Crippen LogP contribution in [0.25, 0.3) is 10.8 Å². The van der Waals surface area contributed by atoms with Crippen LogP contribution in [0.3, 0.4) is 0 Å². The summed E-state index contributed by atoms with van der Waals surface area (Å²) in [6.45, 7) is 2.00. The number of hydrogen-bond donors (Lipinski definition) is 2. The average molecular weight is 288 g/mol. The Morgan fingerprint density at radius 3 is 2.59 bits per heavy atom. The average Bonchev–Trinajstić information content (AvgIpc) is 2.79. The minimum Gasteiger partial charge on any atom is -0.384 e. The van der Waals surface area contributed by atoms with E-state index in [9.17, 15) is 5.11 Å². The Balaban J connectivity index is 2.07. The molecule has 0 aliphatic carbocycles. The molecule has 0 spiro atoms. The van der Waals surface area contributed by atoms with Crippen molar-refractivity contribution in [1.29, 1.82) is 0 Å². The lowest BCUT2D eigenvalue weighted by atomic mass is 9.83. The molecule has 4 rings (SSSR count). The molecular formula is C19H16N2O. The summed E-state index contributed by atoms with van der Waals surface area (Å²) in [5.41, 5.74) is 8.10. The Kier molecular flexibility index (Phi) is 2.62. The number of aryl methyl sites for hydroxylation is 1. The third-order valence-electron chi connectivity index (χ3n) is 4.33. The first-order chi connectivity index (χ1) is 10.6. The predicted octanol–water partition coefficient (Wildman–Crippen LogP) is 3.39. The highest BCUT2D eigenvalue weighted by molar-refractivity contribution is 6.04. The minimum absolute atomic E-state index is 0.226. The van der Waals surface area contributed by atoms with Crippen LogP contribution < -0.4 is 5.73 Å². The van der Waals surface area contributed by atoms with Crippen LogP contribution >= 0.6 is 0 Å². The largest absolute Gasteiger partial charge is 0.384 e. The Bertz CT molecular complexity index is 924. The highest BCUT2D eigenvalue weighted by atomic mass is 16.3. The van der Waals surface area contributed by atoms with E-state index in [1.807, 2.05) is 67.6 Å². The highest BCUT2D eigenvalue weighted by Crippen LogP contribution is 2.44. The number of rotatable bonds is 1. The number of benzene rings is 3. The van der Waals surface area contributed by atoms with E-state index in [4.69, 9.17) is 5.73 Å². The second-order valence-corrected chi connectivity index (χ2v) is 5.75. The maximum atomic E-state index is 11.4. The van der Waals surface area contributed by atoms with E-state index < -0.39 is 5.60 Å². The topological polar surface area (TPSA) is 58.6 Å². The Morgan fingerprint density at radius 2 is 1.73 bits per heavy atom. The molecule has 0 bridgehead atoms. The molecule has 22 heavy (non-hydrogen) atoms. The van der Waals surface area contributed by atoms with E-state index in [0.717, 1.165) is 33.2 Å². The molecule has 0 aromatic heterocycles.